The highest BCUT2D eigenvalue weighted by Gasteiger charge is 2.39. The third kappa shape index (κ3) is 4.63. The van der Waals surface area contributed by atoms with Crippen molar-refractivity contribution < 1.29 is 28.0 Å². The number of hydrogen-bond donors (Lipinski definition) is 3. The number of rotatable bonds is 5. The van der Waals surface area contributed by atoms with Gasteiger partial charge < -0.3 is 15.7 Å². The van der Waals surface area contributed by atoms with Crippen LogP contribution >= 0.6 is 0 Å². The van der Waals surface area contributed by atoms with Crippen LogP contribution in [0.25, 0.3) is 0 Å². The molecule has 7 nitrogen and oxygen atoms in total. The monoisotopic (exact) mass is 293 g/mol. The summed E-state index contributed by atoms with van der Waals surface area (Å²) in [4.78, 5) is 20.0. The third-order valence-corrected chi connectivity index (χ3v) is 2.25. The number of alkyl halides is 3. The minimum Gasteiger partial charge on any atom is -0.465 e. The van der Waals surface area contributed by atoms with Gasteiger partial charge in [0.25, 0.3) is 5.69 Å². The minimum atomic E-state index is -4.72. The Balaban J connectivity index is 2.86. The van der Waals surface area contributed by atoms with E-state index in [0.29, 0.717) is 0 Å². The first-order valence-corrected chi connectivity index (χ1v) is 5.24. The van der Waals surface area contributed by atoms with Crippen LogP contribution in [0.3, 0.4) is 0 Å². The van der Waals surface area contributed by atoms with Crippen LogP contribution in [0.5, 0.6) is 0 Å². The molecule has 0 aliphatic heterocycles. The van der Waals surface area contributed by atoms with Gasteiger partial charge in [-0.05, 0) is 6.07 Å². The Bertz CT molecular complexity index is 507. The second-order valence-corrected chi connectivity index (χ2v) is 3.73. The summed E-state index contributed by atoms with van der Waals surface area (Å²) in [5.41, 5.74) is -0.504. The number of nitrogens with zero attached hydrogens (tertiary/aromatic N) is 1. The molecule has 0 bridgehead atoms. The summed E-state index contributed by atoms with van der Waals surface area (Å²) in [5, 5.41) is 22.5. The summed E-state index contributed by atoms with van der Waals surface area (Å²) in [6.45, 7) is -0.915. The Morgan fingerprint density at radius 2 is 2.10 bits per heavy atom. The SMILES string of the molecule is O=C(O)NCC(Nc1cccc([N+](=O)[O-])c1)C(F)(F)F. The minimum absolute atomic E-state index is 0.131. The number of hydrogen-bond acceptors (Lipinski definition) is 4. The molecule has 0 aromatic heterocycles. The molecule has 10 heteroatoms. The van der Waals surface area contributed by atoms with E-state index >= 15 is 0 Å². The molecule has 20 heavy (non-hydrogen) atoms. The van der Waals surface area contributed by atoms with Gasteiger partial charge in [-0.15, -0.1) is 0 Å². The number of halogens is 3. The van der Waals surface area contributed by atoms with Gasteiger partial charge in [-0.3, -0.25) is 10.1 Å². The van der Waals surface area contributed by atoms with Crippen LogP contribution in [0.4, 0.5) is 29.3 Å². The summed E-state index contributed by atoms with van der Waals surface area (Å²) in [6.07, 6.45) is -6.31. The lowest BCUT2D eigenvalue weighted by Crippen LogP contribution is -2.45. The Hall–Kier alpha value is -2.52. The molecule has 1 amide bonds. The van der Waals surface area contributed by atoms with E-state index in [-0.39, 0.29) is 11.4 Å². The van der Waals surface area contributed by atoms with Gasteiger partial charge in [-0.1, -0.05) is 6.07 Å². The predicted octanol–water partition coefficient (Wildman–Crippen LogP) is 2.21. The lowest BCUT2D eigenvalue weighted by Gasteiger charge is -2.22. The highest BCUT2D eigenvalue weighted by Crippen LogP contribution is 2.25. The number of anilines is 1. The molecule has 1 unspecified atom stereocenters. The van der Waals surface area contributed by atoms with Crippen LogP contribution in [0.1, 0.15) is 0 Å². The van der Waals surface area contributed by atoms with Gasteiger partial charge in [0, 0.05) is 24.4 Å². The van der Waals surface area contributed by atoms with Crippen molar-refractivity contribution in [2.75, 3.05) is 11.9 Å². The number of non-ortho nitro benzene ring substituents is 1. The molecule has 0 spiro atoms. The number of carboxylic acid groups (broad SMARTS) is 1. The zero-order valence-corrected chi connectivity index (χ0v) is 9.85. The lowest BCUT2D eigenvalue weighted by molar-refractivity contribution is -0.384. The Morgan fingerprint density at radius 1 is 1.45 bits per heavy atom. The smallest absolute Gasteiger partial charge is 0.410 e. The number of nitro benzene ring substituents is 1. The molecule has 0 saturated heterocycles. The predicted molar refractivity (Wildman–Crippen MR) is 62.6 cm³/mol. The molecule has 110 valence electrons. The van der Waals surface area contributed by atoms with Gasteiger partial charge in [-0.25, -0.2) is 4.79 Å². The average Bonchev–Trinajstić information content (AvgIpc) is 2.33. The zero-order chi connectivity index (χ0) is 15.3. The summed E-state index contributed by atoms with van der Waals surface area (Å²) in [6, 6.07) is 2.30. The number of amides is 1. The second kappa shape index (κ2) is 6.08. The van der Waals surface area contributed by atoms with Crippen molar-refractivity contribution in [3.8, 4) is 0 Å². The van der Waals surface area contributed by atoms with Crippen LogP contribution in [-0.2, 0) is 0 Å². The summed E-state index contributed by atoms with van der Waals surface area (Å²) in [5.74, 6) is 0. The van der Waals surface area contributed by atoms with Gasteiger partial charge in [0.1, 0.15) is 6.04 Å². The standard InChI is InChI=1S/C10H10F3N3O4/c11-10(12,13)8(5-14-9(17)18)15-6-2-1-3-7(4-6)16(19)20/h1-4,8,14-15H,5H2,(H,17,18). The van der Waals surface area contributed by atoms with Crippen molar-refractivity contribution in [2.45, 2.75) is 12.2 Å². The van der Waals surface area contributed by atoms with Crippen LogP contribution in [0.15, 0.2) is 24.3 Å². The lowest BCUT2D eigenvalue weighted by atomic mass is 10.2. The highest BCUT2D eigenvalue weighted by atomic mass is 19.4. The van der Waals surface area contributed by atoms with E-state index in [0.717, 1.165) is 12.1 Å². The molecule has 0 fully saturated rings. The third-order valence-electron chi connectivity index (χ3n) is 2.25. The topological polar surface area (TPSA) is 104 Å². The van der Waals surface area contributed by atoms with Crippen molar-refractivity contribution in [1.29, 1.82) is 0 Å². The molecule has 1 rings (SSSR count). The van der Waals surface area contributed by atoms with Gasteiger partial charge >= 0.3 is 12.3 Å². The highest BCUT2D eigenvalue weighted by molar-refractivity contribution is 5.64. The quantitative estimate of drug-likeness (QED) is 0.570. The van der Waals surface area contributed by atoms with Crippen molar-refractivity contribution in [3.05, 3.63) is 34.4 Å². The van der Waals surface area contributed by atoms with Gasteiger partial charge in [0.15, 0.2) is 0 Å². The first-order valence-electron chi connectivity index (χ1n) is 5.24. The van der Waals surface area contributed by atoms with Gasteiger partial charge in [-0.2, -0.15) is 13.2 Å². The second-order valence-electron chi connectivity index (χ2n) is 3.73. The molecule has 3 N–H and O–H groups in total. The fourth-order valence-electron chi connectivity index (χ4n) is 1.35. The molecule has 1 aromatic rings. The zero-order valence-electron chi connectivity index (χ0n) is 9.85. The number of benzene rings is 1. The summed E-state index contributed by atoms with van der Waals surface area (Å²) < 4.78 is 38.1. The number of nitro groups is 1. The van der Waals surface area contributed by atoms with Gasteiger partial charge in [0.2, 0.25) is 0 Å². The molecule has 0 aliphatic rings. The summed E-state index contributed by atoms with van der Waals surface area (Å²) >= 11 is 0. The van der Waals surface area contributed by atoms with E-state index in [1.165, 1.54) is 12.1 Å². The largest absolute Gasteiger partial charge is 0.465 e. The van der Waals surface area contributed by atoms with Crippen LogP contribution < -0.4 is 10.6 Å². The average molecular weight is 293 g/mol. The van der Waals surface area contributed by atoms with Crippen LogP contribution in [0.2, 0.25) is 0 Å². The Labute approximate surface area is 110 Å². The van der Waals surface area contributed by atoms with E-state index in [1.54, 1.807) is 5.32 Å². The maximum absolute atomic E-state index is 12.7. The molecular formula is C10H10F3N3O4. The van der Waals surface area contributed by atoms with E-state index in [2.05, 4.69) is 0 Å². The molecule has 0 radical (unpaired) electrons. The maximum Gasteiger partial charge on any atom is 0.410 e. The molecular weight excluding hydrogens is 283 g/mol. The van der Waals surface area contributed by atoms with Crippen molar-refractivity contribution >= 4 is 17.5 Å². The molecule has 0 heterocycles. The Kier molecular flexibility index (Phi) is 4.73. The van der Waals surface area contributed by atoms with E-state index in [1.807, 2.05) is 5.32 Å². The summed E-state index contributed by atoms with van der Waals surface area (Å²) in [7, 11) is 0. The molecule has 0 saturated carbocycles. The first kappa shape index (κ1) is 15.5. The van der Waals surface area contributed by atoms with Crippen molar-refractivity contribution in [3.63, 3.8) is 0 Å². The van der Waals surface area contributed by atoms with Crippen molar-refractivity contribution in [1.82, 2.24) is 5.32 Å². The fraction of sp³-hybridized carbons (Fsp3) is 0.300. The van der Waals surface area contributed by atoms with Crippen LogP contribution in [0, 0.1) is 10.1 Å². The van der Waals surface area contributed by atoms with Gasteiger partial charge in [0.05, 0.1) is 4.92 Å². The van der Waals surface area contributed by atoms with Crippen LogP contribution in [-0.4, -0.2) is 34.9 Å². The molecule has 1 atom stereocenters. The van der Waals surface area contributed by atoms with Crippen molar-refractivity contribution in [2.24, 2.45) is 0 Å². The normalized spacial score (nSPS) is 12.6. The fourth-order valence-corrected chi connectivity index (χ4v) is 1.35. The van der Waals surface area contributed by atoms with E-state index in [9.17, 15) is 28.1 Å². The number of carbonyl (C=O) groups is 1. The first-order chi connectivity index (χ1) is 9.20. The van der Waals surface area contributed by atoms with E-state index < -0.39 is 29.8 Å². The number of nitrogens with one attached hydrogen (secondary N) is 2. The molecule has 0 aliphatic carbocycles. The maximum atomic E-state index is 12.7. The molecule has 1 aromatic carbocycles. The Morgan fingerprint density at radius 3 is 2.60 bits per heavy atom. The van der Waals surface area contributed by atoms with E-state index in [4.69, 9.17) is 5.11 Å².